The molecule has 5 rings (SSSR count). The average Bonchev–Trinajstić information content (AvgIpc) is 2.76. The molecule has 152 valence electrons. The molecule has 2 aliphatic rings. The maximum absolute atomic E-state index is 12.4. The van der Waals surface area contributed by atoms with Crippen molar-refractivity contribution in [1.29, 1.82) is 0 Å². The van der Waals surface area contributed by atoms with Crippen LogP contribution < -0.4 is 10.4 Å². The molecule has 3 heterocycles. The van der Waals surface area contributed by atoms with Crippen molar-refractivity contribution < 1.29 is 13.9 Å². The molecule has 6 nitrogen and oxygen atoms in total. The number of nitrogens with zero attached hydrogens (tertiary/aromatic N) is 2. The summed E-state index contributed by atoms with van der Waals surface area (Å²) in [5.74, 6) is 0.861. The Hall–Kier alpha value is -2.41. The van der Waals surface area contributed by atoms with Gasteiger partial charge in [0.2, 0.25) is 0 Å². The van der Waals surface area contributed by atoms with Gasteiger partial charge in [0.1, 0.15) is 18.1 Å². The van der Waals surface area contributed by atoms with Crippen LogP contribution in [0.1, 0.15) is 17.5 Å². The molecule has 0 saturated carbocycles. The van der Waals surface area contributed by atoms with E-state index in [0.717, 1.165) is 80.0 Å². The minimum Gasteiger partial charge on any atom is -0.477 e. The quantitative estimate of drug-likeness (QED) is 0.501. The molecule has 1 fully saturated rings. The van der Waals surface area contributed by atoms with Crippen LogP contribution in [0.5, 0.6) is 5.75 Å². The Morgan fingerprint density at radius 3 is 2.59 bits per heavy atom. The van der Waals surface area contributed by atoms with Crippen molar-refractivity contribution in [3.63, 3.8) is 0 Å². The Kier molecular flexibility index (Phi) is 4.99. The van der Waals surface area contributed by atoms with Crippen molar-refractivity contribution in [3.05, 3.63) is 51.9 Å². The van der Waals surface area contributed by atoms with Crippen molar-refractivity contribution in [2.45, 2.75) is 19.9 Å². The molecule has 1 saturated heterocycles. The first-order chi connectivity index (χ1) is 14.2. The van der Waals surface area contributed by atoms with Crippen LogP contribution in [0.3, 0.4) is 0 Å². The Morgan fingerprint density at radius 2 is 1.76 bits per heavy atom. The van der Waals surface area contributed by atoms with E-state index in [9.17, 15) is 4.79 Å². The van der Waals surface area contributed by atoms with Gasteiger partial charge in [-0.05, 0) is 37.4 Å². The van der Waals surface area contributed by atoms with Crippen LogP contribution in [0.15, 0.2) is 39.5 Å². The van der Waals surface area contributed by atoms with E-state index in [1.165, 1.54) is 0 Å². The number of hydrogen-bond acceptors (Lipinski definition) is 6. The molecule has 2 aliphatic heterocycles. The summed E-state index contributed by atoms with van der Waals surface area (Å²) in [5, 5.41) is 2.54. The topological polar surface area (TPSA) is 55.2 Å². The minimum absolute atomic E-state index is 0.295. The molecule has 1 aromatic heterocycles. The summed E-state index contributed by atoms with van der Waals surface area (Å²) in [5.41, 5.74) is 2.41. The van der Waals surface area contributed by atoms with E-state index in [-0.39, 0.29) is 5.63 Å². The van der Waals surface area contributed by atoms with Crippen LogP contribution in [0.25, 0.3) is 21.7 Å². The summed E-state index contributed by atoms with van der Waals surface area (Å²) in [6.07, 6.45) is 1.11. The first-order valence-electron chi connectivity index (χ1n) is 10.3. The molecule has 3 aromatic rings. The number of aryl methyl sites for hydroxylation is 1. The molecule has 0 aliphatic carbocycles. The monoisotopic (exact) mass is 394 g/mol. The third kappa shape index (κ3) is 3.52. The SMILES string of the molecule is Cc1c2c(cc3c1oc(=O)c1ccccc13)CN(CCCN1CCOCC1)CO2. The largest absolute Gasteiger partial charge is 0.477 e. The molecule has 29 heavy (non-hydrogen) atoms. The second-order valence-corrected chi connectivity index (χ2v) is 7.94. The molecule has 2 aromatic carbocycles. The van der Waals surface area contributed by atoms with Gasteiger partial charge >= 0.3 is 5.63 Å². The van der Waals surface area contributed by atoms with E-state index in [0.29, 0.717) is 17.7 Å². The zero-order chi connectivity index (χ0) is 19.8. The van der Waals surface area contributed by atoms with Crippen LogP contribution in [0.2, 0.25) is 0 Å². The molecule has 0 radical (unpaired) electrons. The molecule has 0 amide bonds. The smallest absolute Gasteiger partial charge is 0.344 e. The van der Waals surface area contributed by atoms with E-state index in [1.807, 2.05) is 31.2 Å². The highest BCUT2D eigenvalue weighted by Gasteiger charge is 2.23. The van der Waals surface area contributed by atoms with Crippen molar-refractivity contribution in [2.24, 2.45) is 0 Å². The normalized spacial score (nSPS) is 18.1. The number of ether oxygens (including phenoxy) is 2. The van der Waals surface area contributed by atoms with Crippen LogP contribution in [-0.2, 0) is 11.3 Å². The summed E-state index contributed by atoms with van der Waals surface area (Å²) >= 11 is 0. The van der Waals surface area contributed by atoms with Crippen LogP contribution in [-0.4, -0.2) is 55.9 Å². The lowest BCUT2D eigenvalue weighted by molar-refractivity contribution is 0.0330. The van der Waals surface area contributed by atoms with Gasteiger partial charge in [-0.15, -0.1) is 0 Å². The third-order valence-electron chi connectivity index (χ3n) is 6.01. The predicted molar refractivity (Wildman–Crippen MR) is 113 cm³/mol. The molecular weight excluding hydrogens is 368 g/mol. The fraction of sp³-hybridized carbons (Fsp3) is 0.435. The van der Waals surface area contributed by atoms with E-state index < -0.39 is 0 Å². The van der Waals surface area contributed by atoms with Gasteiger partial charge in [0.05, 0.1) is 18.6 Å². The lowest BCUT2D eigenvalue weighted by Gasteiger charge is -2.31. The standard InChI is InChI=1S/C23H26N2O4/c1-16-21-17(13-20-18-5-2-3-6-19(18)23(26)29-22(16)20)14-25(15-28-21)8-4-7-24-9-11-27-12-10-24/h2-3,5-6,13H,4,7-12,14-15H2,1H3. The fourth-order valence-corrected chi connectivity index (χ4v) is 4.47. The van der Waals surface area contributed by atoms with E-state index in [1.54, 1.807) is 0 Å². The predicted octanol–water partition coefficient (Wildman–Crippen LogP) is 3.13. The van der Waals surface area contributed by atoms with E-state index in [2.05, 4.69) is 15.9 Å². The summed E-state index contributed by atoms with van der Waals surface area (Å²) in [6, 6.07) is 9.78. The van der Waals surface area contributed by atoms with Gasteiger partial charge in [-0.25, -0.2) is 4.79 Å². The van der Waals surface area contributed by atoms with Crippen molar-refractivity contribution in [1.82, 2.24) is 9.80 Å². The van der Waals surface area contributed by atoms with Gasteiger partial charge in [0.25, 0.3) is 0 Å². The van der Waals surface area contributed by atoms with Crippen LogP contribution in [0.4, 0.5) is 0 Å². The highest BCUT2D eigenvalue weighted by Crippen LogP contribution is 2.36. The van der Waals surface area contributed by atoms with Crippen molar-refractivity contribution in [3.8, 4) is 5.75 Å². The van der Waals surface area contributed by atoms with Gasteiger partial charge in [-0.3, -0.25) is 9.80 Å². The van der Waals surface area contributed by atoms with Crippen molar-refractivity contribution in [2.75, 3.05) is 46.1 Å². The maximum Gasteiger partial charge on any atom is 0.344 e. The molecule has 0 N–H and O–H groups in total. The highest BCUT2D eigenvalue weighted by atomic mass is 16.5. The Balaban J connectivity index is 1.40. The molecule has 0 spiro atoms. The summed E-state index contributed by atoms with van der Waals surface area (Å²) in [4.78, 5) is 17.2. The first-order valence-corrected chi connectivity index (χ1v) is 10.3. The molecule has 0 atom stereocenters. The van der Waals surface area contributed by atoms with Crippen LogP contribution in [0, 0.1) is 6.92 Å². The maximum atomic E-state index is 12.4. The highest BCUT2D eigenvalue weighted by molar-refractivity contribution is 6.06. The van der Waals surface area contributed by atoms with E-state index in [4.69, 9.17) is 13.9 Å². The van der Waals surface area contributed by atoms with Crippen LogP contribution >= 0.6 is 0 Å². The first kappa shape index (κ1) is 18.6. The summed E-state index contributed by atoms with van der Waals surface area (Å²) < 4.78 is 17.2. The van der Waals surface area contributed by atoms with Gasteiger partial charge in [0.15, 0.2) is 0 Å². The fourth-order valence-electron chi connectivity index (χ4n) is 4.47. The molecule has 0 unspecified atom stereocenters. The molecule has 0 bridgehead atoms. The second kappa shape index (κ2) is 7.78. The Bertz CT molecular complexity index is 1100. The number of morpholine rings is 1. The van der Waals surface area contributed by atoms with Gasteiger partial charge in [-0.2, -0.15) is 0 Å². The van der Waals surface area contributed by atoms with E-state index >= 15 is 0 Å². The third-order valence-corrected chi connectivity index (χ3v) is 6.01. The average molecular weight is 394 g/mol. The Morgan fingerprint density at radius 1 is 1.00 bits per heavy atom. The molecular formula is C23H26N2O4. The van der Waals surface area contributed by atoms with Gasteiger partial charge in [-0.1, -0.05) is 18.2 Å². The van der Waals surface area contributed by atoms with Gasteiger partial charge < -0.3 is 13.9 Å². The lowest BCUT2D eigenvalue weighted by Crippen LogP contribution is -2.39. The zero-order valence-corrected chi connectivity index (χ0v) is 16.8. The number of hydrogen-bond donors (Lipinski definition) is 0. The lowest BCUT2D eigenvalue weighted by atomic mass is 10.00. The Labute approximate surface area is 169 Å². The second-order valence-electron chi connectivity index (χ2n) is 7.94. The summed E-state index contributed by atoms with van der Waals surface area (Å²) in [7, 11) is 0. The number of rotatable bonds is 4. The van der Waals surface area contributed by atoms with Gasteiger partial charge in [0, 0.05) is 42.7 Å². The van der Waals surface area contributed by atoms with Crippen molar-refractivity contribution >= 4 is 21.7 Å². The minimum atomic E-state index is -0.295. The molecule has 6 heteroatoms. The zero-order valence-electron chi connectivity index (χ0n) is 16.8. The number of fused-ring (bicyclic) bond motifs is 4. The number of benzene rings is 2. The summed E-state index contributed by atoms with van der Waals surface area (Å²) in [6.45, 7) is 9.24.